The third-order valence-corrected chi connectivity index (χ3v) is 1.89. The Kier molecular flexibility index (Phi) is 1.96. The Labute approximate surface area is 76.7 Å². The molecule has 0 aliphatic heterocycles. The van der Waals surface area contributed by atoms with Gasteiger partial charge in [-0.1, -0.05) is 30.3 Å². The van der Waals surface area contributed by atoms with Crippen LogP contribution < -0.4 is 4.73 Å². The molecule has 0 fully saturated rings. The topological polar surface area (TPSA) is 24.1 Å². The fourth-order valence-corrected chi connectivity index (χ4v) is 1.26. The van der Waals surface area contributed by atoms with Gasteiger partial charge in [0.25, 0.3) is 0 Å². The molecule has 0 aliphatic carbocycles. The van der Waals surface area contributed by atoms with Crippen LogP contribution in [0.4, 0.5) is 0 Å². The molecule has 0 aliphatic rings. The van der Waals surface area contributed by atoms with Crippen molar-refractivity contribution in [1.29, 1.82) is 0 Å². The van der Waals surface area contributed by atoms with Crippen molar-refractivity contribution in [1.82, 2.24) is 0 Å². The summed E-state index contributed by atoms with van der Waals surface area (Å²) >= 11 is 0. The number of hydrogen-bond acceptors (Lipinski definition) is 1. The molecule has 2 rings (SSSR count). The Hall–Kier alpha value is -1.83. The summed E-state index contributed by atoms with van der Waals surface area (Å²) in [5.41, 5.74) is 2.11. The number of nitrogens with zero attached hydrogens (tertiary/aromatic N) is 1. The summed E-state index contributed by atoms with van der Waals surface area (Å²) in [6.07, 6.45) is 3.27. The van der Waals surface area contributed by atoms with Gasteiger partial charge >= 0.3 is 0 Å². The second kappa shape index (κ2) is 3.27. The van der Waals surface area contributed by atoms with E-state index in [2.05, 4.69) is 0 Å². The summed E-state index contributed by atoms with van der Waals surface area (Å²) < 4.78 is 1.06. The molecule has 1 heterocycles. The number of hydrogen-bond donors (Lipinski definition) is 1. The van der Waals surface area contributed by atoms with Crippen molar-refractivity contribution in [2.75, 3.05) is 0 Å². The maximum atomic E-state index is 9.19. The molecule has 0 radical (unpaired) electrons. The zero-order valence-corrected chi connectivity index (χ0v) is 7.09. The average Bonchev–Trinajstić information content (AvgIpc) is 2.19. The fraction of sp³-hybridized carbons (Fsp3) is 0. The first kappa shape index (κ1) is 7.80. The number of pyridine rings is 1. The molecule has 0 spiro atoms. The molecule has 2 nitrogen and oxygen atoms in total. The highest BCUT2D eigenvalue weighted by Gasteiger charge is 2.01. The standard InChI is InChI=1S/C11H10NO/c13-12-8-4-7-11(9-12)10-5-2-1-3-6-10/h1-9,13H/q+1. The first-order valence-electron chi connectivity index (χ1n) is 4.12. The predicted octanol–water partition coefficient (Wildman–Crippen LogP) is 1.88. The van der Waals surface area contributed by atoms with Crippen LogP contribution in [0.15, 0.2) is 54.9 Å². The lowest BCUT2D eigenvalue weighted by Gasteiger charge is -1.96. The van der Waals surface area contributed by atoms with Crippen LogP contribution in [0.2, 0.25) is 0 Å². The molecule has 1 aromatic heterocycles. The molecule has 0 bridgehead atoms. The monoisotopic (exact) mass is 172 g/mol. The molecule has 0 saturated heterocycles. The lowest BCUT2D eigenvalue weighted by Crippen LogP contribution is -2.28. The Morgan fingerprint density at radius 1 is 0.846 bits per heavy atom. The minimum absolute atomic E-state index is 1.01. The molecule has 13 heavy (non-hydrogen) atoms. The maximum absolute atomic E-state index is 9.19. The van der Waals surface area contributed by atoms with Gasteiger partial charge in [0.15, 0.2) is 0 Å². The van der Waals surface area contributed by atoms with Crippen LogP contribution in [0.5, 0.6) is 0 Å². The molecule has 1 N–H and O–H groups in total. The van der Waals surface area contributed by atoms with E-state index >= 15 is 0 Å². The predicted molar refractivity (Wildman–Crippen MR) is 49.3 cm³/mol. The van der Waals surface area contributed by atoms with E-state index in [0.717, 1.165) is 15.9 Å². The Bertz CT molecular complexity index is 398. The summed E-state index contributed by atoms with van der Waals surface area (Å²) in [6.45, 7) is 0. The Balaban J connectivity index is 2.48. The molecular weight excluding hydrogens is 162 g/mol. The van der Waals surface area contributed by atoms with Gasteiger partial charge in [0.2, 0.25) is 12.4 Å². The van der Waals surface area contributed by atoms with Crippen molar-refractivity contribution in [3.8, 4) is 11.1 Å². The molecule has 1 aromatic carbocycles. The van der Waals surface area contributed by atoms with Gasteiger partial charge in [0, 0.05) is 10.8 Å². The van der Waals surface area contributed by atoms with Crippen molar-refractivity contribution in [2.24, 2.45) is 0 Å². The number of benzene rings is 1. The van der Waals surface area contributed by atoms with Crippen molar-refractivity contribution in [2.45, 2.75) is 0 Å². The van der Waals surface area contributed by atoms with Gasteiger partial charge in [-0.05, 0) is 11.6 Å². The Morgan fingerprint density at radius 2 is 1.54 bits per heavy atom. The lowest BCUT2D eigenvalue weighted by atomic mass is 10.1. The van der Waals surface area contributed by atoms with Crippen LogP contribution in [-0.4, -0.2) is 5.21 Å². The van der Waals surface area contributed by atoms with Gasteiger partial charge in [-0.15, -0.1) is 0 Å². The van der Waals surface area contributed by atoms with Crippen LogP contribution in [0, 0.1) is 0 Å². The van der Waals surface area contributed by atoms with Crippen molar-refractivity contribution < 1.29 is 9.94 Å². The zero-order chi connectivity index (χ0) is 9.10. The van der Waals surface area contributed by atoms with Crippen LogP contribution >= 0.6 is 0 Å². The summed E-state index contributed by atoms with van der Waals surface area (Å²) in [6, 6.07) is 13.7. The van der Waals surface area contributed by atoms with E-state index in [-0.39, 0.29) is 0 Å². The van der Waals surface area contributed by atoms with Crippen LogP contribution in [0.1, 0.15) is 0 Å². The van der Waals surface area contributed by atoms with Crippen molar-refractivity contribution >= 4 is 0 Å². The highest BCUT2D eigenvalue weighted by atomic mass is 16.5. The molecule has 2 aromatic rings. The zero-order valence-electron chi connectivity index (χ0n) is 7.09. The summed E-state index contributed by atoms with van der Waals surface area (Å²) in [5, 5.41) is 9.19. The van der Waals surface area contributed by atoms with Crippen molar-refractivity contribution in [3.63, 3.8) is 0 Å². The number of rotatable bonds is 1. The maximum Gasteiger partial charge on any atom is 0.230 e. The molecule has 0 atom stereocenters. The van der Waals surface area contributed by atoms with E-state index in [9.17, 15) is 5.21 Å². The normalized spacial score (nSPS) is 9.85. The smallest absolute Gasteiger partial charge is 0.230 e. The van der Waals surface area contributed by atoms with Crippen LogP contribution in [0.3, 0.4) is 0 Å². The first-order chi connectivity index (χ1) is 6.36. The lowest BCUT2D eigenvalue weighted by molar-refractivity contribution is -0.904. The van der Waals surface area contributed by atoms with Gasteiger partial charge in [0.05, 0.1) is 5.56 Å². The quantitative estimate of drug-likeness (QED) is 0.515. The first-order valence-corrected chi connectivity index (χ1v) is 4.12. The van der Waals surface area contributed by atoms with E-state index in [1.165, 1.54) is 0 Å². The molecule has 64 valence electrons. The molecule has 2 heteroatoms. The second-order valence-electron chi connectivity index (χ2n) is 2.84. The van der Waals surface area contributed by atoms with Gasteiger partial charge in [-0.25, -0.2) is 0 Å². The largest absolute Gasteiger partial charge is 0.285 e. The third-order valence-electron chi connectivity index (χ3n) is 1.89. The summed E-state index contributed by atoms with van der Waals surface area (Å²) in [4.78, 5) is 0. The molecule has 0 unspecified atom stereocenters. The molecule has 0 amide bonds. The SMILES string of the molecule is O[n+]1cccc(-c2ccccc2)c1. The van der Waals surface area contributed by atoms with E-state index in [1.54, 1.807) is 12.4 Å². The van der Waals surface area contributed by atoms with E-state index in [1.807, 2.05) is 42.5 Å². The van der Waals surface area contributed by atoms with E-state index < -0.39 is 0 Å². The minimum Gasteiger partial charge on any atom is -0.285 e. The second-order valence-corrected chi connectivity index (χ2v) is 2.84. The highest BCUT2D eigenvalue weighted by molar-refractivity contribution is 5.60. The molecular formula is C11H10NO+. The summed E-state index contributed by atoms with van der Waals surface area (Å²) in [7, 11) is 0. The highest BCUT2D eigenvalue weighted by Crippen LogP contribution is 2.15. The Morgan fingerprint density at radius 3 is 2.23 bits per heavy atom. The van der Waals surface area contributed by atoms with Gasteiger partial charge in [-0.3, -0.25) is 5.21 Å². The minimum atomic E-state index is 1.01. The van der Waals surface area contributed by atoms with E-state index in [4.69, 9.17) is 0 Å². The third kappa shape index (κ3) is 1.67. The number of aromatic nitrogens is 1. The van der Waals surface area contributed by atoms with Gasteiger partial charge < -0.3 is 0 Å². The summed E-state index contributed by atoms with van der Waals surface area (Å²) in [5.74, 6) is 0. The average molecular weight is 172 g/mol. The van der Waals surface area contributed by atoms with Crippen molar-refractivity contribution in [3.05, 3.63) is 54.9 Å². The molecule has 0 saturated carbocycles. The van der Waals surface area contributed by atoms with Gasteiger partial charge in [-0.2, -0.15) is 0 Å². The van der Waals surface area contributed by atoms with E-state index in [0.29, 0.717) is 0 Å². The van der Waals surface area contributed by atoms with Gasteiger partial charge in [0.1, 0.15) is 0 Å². The van der Waals surface area contributed by atoms with Crippen LogP contribution in [0.25, 0.3) is 11.1 Å². The fourth-order valence-electron chi connectivity index (χ4n) is 1.26. The van der Waals surface area contributed by atoms with Crippen LogP contribution in [-0.2, 0) is 0 Å².